The number of rotatable bonds is 3. The van der Waals surface area contributed by atoms with Gasteiger partial charge in [-0.2, -0.15) is 0 Å². The first-order chi connectivity index (χ1) is 10.1. The molecule has 0 radical (unpaired) electrons. The van der Waals surface area contributed by atoms with E-state index in [0.717, 1.165) is 0 Å². The van der Waals surface area contributed by atoms with Gasteiger partial charge in [0.1, 0.15) is 5.82 Å². The SMILES string of the molecule is NCC1(C(O)c2ccc(Cl)c(F)c2)Cc2ccccc2C1. The molecule has 0 fully saturated rings. The van der Waals surface area contributed by atoms with E-state index in [9.17, 15) is 9.50 Å². The van der Waals surface area contributed by atoms with Gasteiger partial charge in [0.05, 0.1) is 11.1 Å². The molecule has 0 amide bonds. The standard InChI is InChI=1S/C17H17ClFNO/c18-14-6-5-11(7-15(14)19)16(21)17(10-20)8-12-3-1-2-4-13(12)9-17/h1-7,16,21H,8-10,20H2. The lowest BCUT2D eigenvalue weighted by atomic mass is 9.76. The van der Waals surface area contributed by atoms with Crippen LogP contribution >= 0.6 is 11.6 Å². The number of fused-ring (bicyclic) bond motifs is 1. The van der Waals surface area contributed by atoms with Gasteiger partial charge in [-0.25, -0.2) is 4.39 Å². The Hall–Kier alpha value is -1.42. The maximum atomic E-state index is 13.6. The zero-order valence-corrected chi connectivity index (χ0v) is 12.3. The number of nitrogens with two attached hydrogens (primary N) is 1. The van der Waals surface area contributed by atoms with E-state index in [1.165, 1.54) is 23.3 Å². The summed E-state index contributed by atoms with van der Waals surface area (Å²) in [6.07, 6.45) is 0.581. The van der Waals surface area contributed by atoms with Crippen molar-refractivity contribution in [3.63, 3.8) is 0 Å². The molecule has 3 rings (SSSR count). The second kappa shape index (κ2) is 5.41. The van der Waals surface area contributed by atoms with Crippen LogP contribution in [0.4, 0.5) is 4.39 Å². The first-order valence-corrected chi connectivity index (χ1v) is 7.33. The van der Waals surface area contributed by atoms with Crippen LogP contribution in [0.3, 0.4) is 0 Å². The van der Waals surface area contributed by atoms with Crippen LogP contribution in [0.1, 0.15) is 22.8 Å². The van der Waals surface area contributed by atoms with Gasteiger partial charge in [-0.1, -0.05) is 41.9 Å². The first kappa shape index (κ1) is 14.5. The highest BCUT2D eigenvalue weighted by molar-refractivity contribution is 6.30. The summed E-state index contributed by atoms with van der Waals surface area (Å²) in [5, 5.41) is 10.8. The molecule has 2 aromatic rings. The van der Waals surface area contributed by atoms with Gasteiger partial charge in [0, 0.05) is 12.0 Å². The fourth-order valence-electron chi connectivity index (χ4n) is 3.21. The molecule has 0 spiro atoms. The Kier molecular flexibility index (Phi) is 3.74. The summed E-state index contributed by atoms with van der Waals surface area (Å²) in [6, 6.07) is 12.5. The van der Waals surface area contributed by atoms with Crippen molar-refractivity contribution >= 4 is 11.6 Å². The summed E-state index contributed by atoms with van der Waals surface area (Å²) in [5.74, 6) is -0.518. The van der Waals surface area contributed by atoms with Gasteiger partial charge in [-0.3, -0.25) is 0 Å². The molecule has 2 aromatic carbocycles. The Morgan fingerprint density at radius 2 is 1.81 bits per heavy atom. The molecule has 0 saturated heterocycles. The van der Waals surface area contributed by atoms with E-state index in [-0.39, 0.29) is 5.02 Å². The van der Waals surface area contributed by atoms with Gasteiger partial charge in [-0.05, 0) is 41.7 Å². The minimum Gasteiger partial charge on any atom is -0.388 e. The Morgan fingerprint density at radius 3 is 2.33 bits per heavy atom. The molecule has 1 aliphatic carbocycles. The Morgan fingerprint density at radius 1 is 1.19 bits per heavy atom. The Labute approximate surface area is 128 Å². The lowest BCUT2D eigenvalue weighted by Gasteiger charge is -2.33. The van der Waals surface area contributed by atoms with Crippen LogP contribution in [0, 0.1) is 11.2 Å². The lowest BCUT2D eigenvalue weighted by Crippen LogP contribution is -2.37. The number of hydrogen-bond acceptors (Lipinski definition) is 2. The molecule has 2 nitrogen and oxygen atoms in total. The van der Waals surface area contributed by atoms with Crippen molar-refractivity contribution in [3.8, 4) is 0 Å². The van der Waals surface area contributed by atoms with Crippen molar-refractivity contribution in [1.82, 2.24) is 0 Å². The highest BCUT2D eigenvalue weighted by atomic mass is 35.5. The molecule has 1 aliphatic rings. The van der Waals surface area contributed by atoms with Crippen LogP contribution in [0.5, 0.6) is 0 Å². The number of benzene rings is 2. The lowest BCUT2D eigenvalue weighted by molar-refractivity contribution is 0.0356. The molecule has 4 heteroatoms. The van der Waals surface area contributed by atoms with Crippen LogP contribution in [0.15, 0.2) is 42.5 Å². The topological polar surface area (TPSA) is 46.2 Å². The number of halogens is 2. The second-order valence-electron chi connectivity index (χ2n) is 5.76. The number of aliphatic hydroxyl groups excluding tert-OH is 1. The maximum Gasteiger partial charge on any atom is 0.142 e. The third-order valence-corrected chi connectivity index (χ3v) is 4.76. The molecule has 1 unspecified atom stereocenters. The van der Waals surface area contributed by atoms with Crippen LogP contribution in [-0.4, -0.2) is 11.7 Å². The van der Waals surface area contributed by atoms with Crippen LogP contribution in [0.2, 0.25) is 5.02 Å². The highest BCUT2D eigenvalue weighted by Gasteiger charge is 2.42. The monoisotopic (exact) mass is 305 g/mol. The minimum absolute atomic E-state index is 0.0578. The average molecular weight is 306 g/mol. The quantitative estimate of drug-likeness (QED) is 0.914. The molecule has 3 N–H and O–H groups in total. The van der Waals surface area contributed by atoms with Crippen molar-refractivity contribution in [3.05, 3.63) is 70.0 Å². The van der Waals surface area contributed by atoms with E-state index < -0.39 is 17.3 Å². The zero-order valence-electron chi connectivity index (χ0n) is 11.5. The Bertz CT molecular complexity index is 649. The predicted molar refractivity (Wildman–Crippen MR) is 81.7 cm³/mol. The van der Waals surface area contributed by atoms with Crippen LogP contribution in [0.25, 0.3) is 0 Å². The average Bonchev–Trinajstić information content (AvgIpc) is 2.89. The highest BCUT2D eigenvalue weighted by Crippen LogP contribution is 2.45. The fourth-order valence-corrected chi connectivity index (χ4v) is 3.33. The van der Waals surface area contributed by atoms with E-state index in [1.54, 1.807) is 6.07 Å². The zero-order chi connectivity index (χ0) is 15.0. The summed E-state index contributed by atoms with van der Waals surface area (Å²) >= 11 is 5.71. The second-order valence-corrected chi connectivity index (χ2v) is 6.17. The van der Waals surface area contributed by atoms with Crippen LogP contribution < -0.4 is 5.73 Å². The first-order valence-electron chi connectivity index (χ1n) is 6.95. The van der Waals surface area contributed by atoms with Gasteiger partial charge in [0.15, 0.2) is 0 Å². The third kappa shape index (κ3) is 2.46. The van der Waals surface area contributed by atoms with E-state index in [4.69, 9.17) is 17.3 Å². The van der Waals surface area contributed by atoms with Crippen molar-refractivity contribution in [1.29, 1.82) is 0 Å². The van der Waals surface area contributed by atoms with Gasteiger partial charge in [0.2, 0.25) is 0 Å². The summed E-state index contributed by atoms with van der Waals surface area (Å²) < 4.78 is 13.6. The fraction of sp³-hybridized carbons (Fsp3) is 0.294. The molecule has 0 aliphatic heterocycles. The van der Waals surface area contributed by atoms with E-state index in [1.807, 2.05) is 12.1 Å². The number of aliphatic hydroxyl groups is 1. The molecule has 0 bridgehead atoms. The van der Waals surface area contributed by atoms with E-state index >= 15 is 0 Å². The van der Waals surface area contributed by atoms with Crippen molar-refractivity contribution < 1.29 is 9.50 Å². The summed E-state index contributed by atoms with van der Waals surface area (Å²) in [6.45, 7) is 0.340. The number of hydrogen-bond donors (Lipinski definition) is 2. The van der Waals surface area contributed by atoms with E-state index in [0.29, 0.717) is 24.9 Å². The molecular weight excluding hydrogens is 289 g/mol. The summed E-state index contributed by atoms with van der Waals surface area (Å²) in [5.41, 5.74) is 8.43. The van der Waals surface area contributed by atoms with Gasteiger partial charge in [0.25, 0.3) is 0 Å². The largest absolute Gasteiger partial charge is 0.388 e. The summed E-state index contributed by atoms with van der Waals surface area (Å²) in [4.78, 5) is 0. The van der Waals surface area contributed by atoms with Crippen LogP contribution in [-0.2, 0) is 12.8 Å². The third-order valence-electron chi connectivity index (χ3n) is 4.45. The van der Waals surface area contributed by atoms with Crippen molar-refractivity contribution in [2.45, 2.75) is 18.9 Å². The molecule has 1 atom stereocenters. The van der Waals surface area contributed by atoms with Crippen molar-refractivity contribution in [2.75, 3.05) is 6.54 Å². The molecular formula is C17H17ClFNO. The minimum atomic E-state index is -0.818. The van der Waals surface area contributed by atoms with Gasteiger partial charge in [-0.15, -0.1) is 0 Å². The van der Waals surface area contributed by atoms with Gasteiger partial charge < -0.3 is 10.8 Å². The van der Waals surface area contributed by atoms with Gasteiger partial charge >= 0.3 is 0 Å². The molecule has 21 heavy (non-hydrogen) atoms. The maximum absolute atomic E-state index is 13.6. The molecule has 110 valence electrons. The van der Waals surface area contributed by atoms with E-state index in [2.05, 4.69) is 12.1 Å². The smallest absolute Gasteiger partial charge is 0.142 e. The Balaban J connectivity index is 1.95. The molecule has 0 heterocycles. The predicted octanol–water partition coefficient (Wildman–Crippen LogP) is 3.26. The summed E-state index contributed by atoms with van der Waals surface area (Å²) in [7, 11) is 0. The molecule has 0 aromatic heterocycles. The van der Waals surface area contributed by atoms with Crippen molar-refractivity contribution in [2.24, 2.45) is 11.1 Å². The normalized spacial score (nSPS) is 17.5. The molecule has 0 saturated carbocycles.